The molecule has 0 spiro atoms. The van der Waals surface area contributed by atoms with Crippen molar-refractivity contribution in [2.45, 2.75) is 25.8 Å². The highest BCUT2D eigenvalue weighted by atomic mass is 35.5. The molecule has 0 heterocycles. The molecule has 0 saturated carbocycles. The van der Waals surface area contributed by atoms with E-state index < -0.39 is 5.82 Å². The van der Waals surface area contributed by atoms with E-state index in [4.69, 9.17) is 27.9 Å². The molecule has 1 unspecified atom stereocenters. The summed E-state index contributed by atoms with van der Waals surface area (Å²) >= 11 is 12.1. The number of nitrogens with zero attached hydrogens (tertiary/aromatic N) is 1. The van der Waals surface area contributed by atoms with Crippen LogP contribution in [0.2, 0.25) is 10.0 Å². The van der Waals surface area contributed by atoms with E-state index >= 15 is 0 Å². The van der Waals surface area contributed by atoms with Crippen molar-refractivity contribution >= 4 is 29.1 Å². The van der Waals surface area contributed by atoms with Gasteiger partial charge in [0.2, 0.25) is 5.91 Å². The van der Waals surface area contributed by atoms with Crippen LogP contribution in [0, 0.1) is 5.82 Å². The Morgan fingerprint density at radius 3 is 2.56 bits per heavy atom. The topological polar surface area (TPSA) is 29.5 Å². The molecule has 0 aromatic heterocycles. The number of hydrogen-bond donors (Lipinski definition) is 0. The van der Waals surface area contributed by atoms with Gasteiger partial charge in [-0.3, -0.25) is 4.79 Å². The van der Waals surface area contributed by atoms with Gasteiger partial charge in [-0.1, -0.05) is 35.3 Å². The molecule has 0 fully saturated rings. The molecule has 0 aliphatic carbocycles. The Kier molecular flexibility index (Phi) is 6.68. The van der Waals surface area contributed by atoms with Crippen LogP contribution in [0.3, 0.4) is 0 Å². The summed E-state index contributed by atoms with van der Waals surface area (Å²) < 4.78 is 18.6. The van der Waals surface area contributed by atoms with Crippen LogP contribution in [0.5, 0.6) is 5.75 Å². The van der Waals surface area contributed by atoms with Crippen LogP contribution >= 0.6 is 23.2 Å². The lowest BCUT2D eigenvalue weighted by Crippen LogP contribution is -2.30. The van der Waals surface area contributed by atoms with Gasteiger partial charge in [-0.25, -0.2) is 4.39 Å². The Bertz CT molecular complexity index is 767. The van der Waals surface area contributed by atoms with E-state index in [1.807, 2.05) is 13.0 Å². The van der Waals surface area contributed by atoms with E-state index in [1.54, 1.807) is 36.2 Å². The van der Waals surface area contributed by atoms with Gasteiger partial charge in [0.1, 0.15) is 0 Å². The van der Waals surface area contributed by atoms with Crippen LogP contribution in [-0.4, -0.2) is 25.0 Å². The minimum Gasteiger partial charge on any atom is -0.494 e. The van der Waals surface area contributed by atoms with Crippen molar-refractivity contribution in [3.8, 4) is 5.75 Å². The van der Waals surface area contributed by atoms with E-state index in [0.29, 0.717) is 16.5 Å². The molecule has 0 radical (unpaired) electrons. The van der Waals surface area contributed by atoms with Crippen molar-refractivity contribution in [2.24, 2.45) is 0 Å². The Labute approximate surface area is 157 Å². The fraction of sp³-hybridized carbons (Fsp3) is 0.316. The van der Waals surface area contributed by atoms with E-state index in [1.165, 1.54) is 13.2 Å². The van der Waals surface area contributed by atoms with Gasteiger partial charge in [-0.05, 0) is 48.7 Å². The first kappa shape index (κ1) is 19.5. The largest absolute Gasteiger partial charge is 0.494 e. The van der Waals surface area contributed by atoms with Crippen LogP contribution in [0.15, 0.2) is 36.4 Å². The average Bonchev–Trinajstić information content (AvgIpc) is 2.58. The lowest BCUT2D eigenvalue weighted by atomic mass is 10.1. The maximum Gasteiger partial charge on any atom is 0.223 e. The van der Waals surface area contributed by atoms with Crippen molar-refractivity contribution < 1.29 is 13.9 Å². The third-order valence-corrected chi connectivity index (χ3v) is 4.79. The van der Waals surface area contributed by atoms with Crippen molar-refractivity contribution in [3.63, 3.8) is 0 Å². The molecule has 134 valence electrons. The first-order chi connectivity index (χ1) is 11.8. The first-order valence-corrected chi connectivity index (χ1v) is 8.62. The molecule has 0 N–H and O–H groups in total. The molecule has 25 heavy (non-hydrogen) atoms. The van der Waals surface area contributed by atoms with Gasteiger partial charge in [-0.2, -0.15) is 0 Å². The summed E-state index contributed by atoms with van der Waals surface area (Å²) in [5.41, 5.74) is 1.58. The molecule has 2 rings (SSSR count). The zero-order valence-corrected chi connectivity index (χ0v) is 15.9. The predicted molar refractivity (Wildman–Crippen MR) is 98.9 cm³/mol. The molecule has 2 aromatic carbocycles. The summed E-state index contributed by atoms with van der Waals surface area (Å²) in [5.74, 6) is -0.282. The quantitative estimate of drug-likeness (QED) is 0.677. The van der Waals surface area contributed by atoms with Crippen LogP contribution < -0.4 is 4.74 Å². The fourth-order valence-corrected chi connectivity index (χ4v) is 3.12. The van der Waals surface area contributed by atoms with E-state index in [0.717, 1.165) is 11.1 Å². The van der Waals surface area contributed by atoms with Crippen molar-refractivity contribution in [2.75, 3.05) is 14.2 Å². The molecule has 3 nitrogen and oxygen atoms in total. The number of methoxy groups -OCH3 is 1. The van der Waals surface area contributed by atoms with Crippen molar-refractivity contribution in [1.29, 1.82) is 0 Å². The molecule has 0 aliphatic rings. The Morgan fingerprint density at radius 2 is 1.96 bits per heavy atom. The summed E-state index contributed by atoms with van der Waals surface area (Å²) in [6.07, 6.45) is 0.725. The second-order valence-corrected chi connectivity index (χ2v) is 6.66. The van der Waals surface area contributed by atoms with E-state index in [2.05, 4.69) is 0 Å². The number of amides is 1. The van der Waals surface area contributed by atoms with Gasteiger partial charge in [0.25, 0.3) is 0 Å². The Balaban J connectivity index is 2.01. The van der Waals surface area contributed by atoms with Gasteiger partial charge in [0, 0.05) is 23.5 Å². The second kappa shape index (κ2) is 8.54. The molecule has 1 amide bonds. The number of benzene rings is 2. The molecule has 0 aliphatic heterocycles. The molecular formula is C19H20Cl2FNO2. The number of rotatable bonds is 6. The normalized spacial score (nSPS) is 11.9. The highest BCUT2D eigenvalue weighted by Crippen LogP contribution is 2.29. The molecule has 2 aromatic rings. The minimum absolute atomic E-state index is 0.0465. The van der Waals surface area contributed by atoms with Crippen LogP contribution in [0.1, 0.15) is 30.5 Å². The number of aryl methyl sites for hydroxylation is 1. The number of halogens is 3. The molecule has 0 bridgehead atoms. The maximum absolute atomic E-state index is 13.7. The summed E-state index contributed by atoms with van der Waals surface area (Å²) in [4.78, 5) is 14.1. The van der Waals surface area contributed by atoms with Gasteiger partial charge in [0.15, 0.2) is 11.6 Å². The van der Waals surface area contributed by atoms with Gasteiger partial charge in [0.05, 0.1) is 13.2 Å². The summed E-state index contributed by atoms with van der Waals surface area (Å²) in [5, 5.41) is 1.08. The standard InChI is InChI=1S/C19H20Cl2FNO2/c1-12(15-7-6-14(20)11-16(15)21)23(2)19(24)9-5-13-4-8-18(25-3)17(22)10-13/h4,6-8,10-12H,5,9H2,1-3H3. The zero-order valence-electron chi connectivity index (χ0n) is 14.4. The van der Waals surface area contributed by atoms with Gasteiger partial charge < -0.3 is 9.64 Å². The second-order valence-electron chi connectivity index (χ2n) is 5.82. The molecule has 0 saturated heterocycles. The minimum atomic E-state index is -0.429. The van der Waals surface area contributed by atoms with Crippen molar-refractivity contribution in [1.82, 2.24) is 4.90 Å². The lowest BCUT2D eigenvalue weighted by molar-refractivity contribution is -0.131. The summed E-state index contributed by atoms with van der Waals surface area (Å²) in [7, 11) is 3.15. The number of carbonyl (C=O) groups excluding carboxylic acids is 1. The third kappa shape index (κ3) is 4.86. The number of ether oxygens (including phenoxy) is 1. The fourth-order valence-electron chi connectivity index (χ4n) is 2.56. The Morgan fingerprint density at radius 1 is 1.24 bits per heavy atom. The van der Waals surface area contributed by atoms with E-state index in [-0.39, 0.29) is 24.1 Å². The van der Waals surface area contributed by atoms with E-state index in [9.17, 15) is 9.18 Å². The van der Waals surface area contributed by atoms with Crippen LogP contribution in [0.4, 0.5) is 4.39 Å². The average molecular weight is 384 g/mol. The van der Waals surface area contributed by atoms with Gasteiger partial charge >= 0.3 is 0 Å². The van der Waals surface area contributed by atoms with Gasteiger partial charge in [-0.15, -0.1) is 0 Å². The smallest absolute Gasteiger partial charge is 0.223 e. The monoisotopic (exact) mass is 383 g/mol. The third-order valence-electron chi connectivity index (χ3n) is 4.23. The molecule has 6 heteroatoms. The van der Waals surface area contributed by atoms with Crippen LogP contribution in [-0.2, 0) is 11.2 Å². The maximum atomic E-state index is 13.7. The molecular weight excluding hydrogens is 364 g/mol. The van der Waals surface area contributed by atoms with Crippen molar-refractivity contribution in [3.05, 3.63) is 63.4 Å². The predicted octanol–water partition coefficient (Wildman–Crippen LogP) is 5.29. The highest BCUT2D eigenvalue weighted by molar-refractivity contribution is 6.35. The number of hydrogen-bond acceptors (Lipinski definition) is 2. The number of carbonyl (C=O) groups is 1. The SMILES string of the molecule is COc1ccc(CCC(=O)N(C)C(C)c2ccc(Cl)cc2Cl)cc1F. The summed E-state index contributed by atoms with van der Waals surface area (Å²) in [6, 6.07) is 9.75. The molecule has 1 atom stereocenters. The highest BCUT2D eigenvalue weighted by Gasteiger charge is 2.19. The Hall–Kier alpha value is -1.78. The lowest BCUT2D eigenvalue weighted by Gasteiger charge is -2.26. The summed E-state index contributed by atoms with van der Waals surface area (Å²) in [6.45, 7) is 1.90. The zero-order chi connectivity index (χ0) is 18.6. The van der Waals surface area contributed by atoms with Crippen LogP contribution in [0.25, 0.3) is 0 Å². The first-order valence-electron chi connectivity index (χ1n) is 7.86.